The van der Waals surface area contributed by atoms with Crippen LogP contribution in [-0.4, -0.2) is 16.7 Å². The Kier molecular flexibility index (Phi) is 3.58. The monoisotopic (exact) mass is 207 g/mol. The van der Waals surface area contributed by atoms with Crippen molar-refractivity contribution in [1.82, 2.24) is 0 Å². The molecule has 0 aromatic rings. The number of rotatable bonds is 3. The third kappa shape index (κ3) is 2.63. The molecular formula is C12H15O3. The Labute approximate surface area is 89.5 Å². The summed E-state index contributed by atoms with van der Waals surface area (Å²) >= 11 is 0. The van der Waals surface area contributed by atoms with Gasteiger partial charge in [0.1, 0.15) is 0 Å². The molecule has 15 heavy (non-hydrogen) atoms. The van der Waals surface area contributed by atoms with Gasteiger partial charge in [0.15, 0.2) is 11.6 Å². The van der Waals surface area contributed by atoms with Gasteiger partial charge < -0.3 is 5.11 Å². The molecule has 3 heteroatoms. The second-order valence-electron chi connectivity index (χ2n) is 3.86. The standard InChI is InChI=1S/C12H15O3/c1-7-6-11(14)9(3)10(12(7)15)5-4-8(2)13/h6,13H,4-5H2,1-3H3. The van der Waals surface area contributed by atoms with Crippen LogP contribution in [0, 0.1) is 6.10 Å². The second-order valence-corrected chi connectivity index (χ2v) is 3.86. The molecule has 0 aromatic heterocycles. The zero-order valence-corrected chi connectivity index (χ0v) is 9.26. The van der Waals surface area contributed by atoms with Crippen molar-refractivity contribution >= 4 is 11.6 Å². The fourth-order valence-corrected chi connectivity index (χ4v) is 1.53. The summed E-state index contributed by atoms with van der Waals surface area (Å²) in [5, 5.41) is 9.07. The molecule has 3 nitrogen and oxygen atoms in total. The Hall–Kier alpha value is -1.22. The fourth-order valence-electron chi connectivity index (χ4n) is 1.53. The Bertz CT molecular complexity index is 359. The fraction of sp³-hybridized carbons (Fsp3) is 0.417. The first-order chi connectivity index (χ1) is 6.93. The summed E-state index contributed by atoms with van der Waals surface area (Å²) in [6.07, 6.45) is 2.52. The van der Waals surface area contributed by atoms with Gasteiger partial charge in [0.2, 0.25) is 0 Å². The molecular weight excluding hydrogens is 192 g/mol. The van der Waals surface area contributed by atoms with E-state index in [4.69, 9.17) is 5.11 Å². The molecule has 1 radical (unpaired) electrons. The molecule has 0 unspecified atom stereocenters. The van der Waals surface area contributed by atoms with Gasteiger partial charge in [0.25, 0.3) is 0 Å². The maximum Gasteiger partial charge on any atom is 0.185 e. The predicted molar refractivity (Wildman–Crippen MR) is 56.6 cm³/mol. The summed E-state index contributed by atoms with van der Waals surface area (Å²) in [5.41, 5.74) is 1.52. The van der Waals surface area contributed by atoms with Crippen LogP contribution in [0.25, 0.3) is 0 Å². The van der Waals surface area contributed by atoms with E-state index in [9.17, 15) is 9.59 Å². The van der Waals surface area contributed by atoms with Crippen molar-refractivity contribution < 1.29 is 14.7 Å². The number of hydrogen-bond acceptors (Lipinski definition) is 3. The van der Waals surface area contributed by atoms with E-state index in [0.29, 0.717) is 29.6 Å². The van der Waals surface area contributed by atoms with Gasteiger partial charge in [-0.25, -0.2) is 0 Å². The maximum absolute atomic E-state index is 11.7. The minimum atomic E-state index is -0.0994. The predicted octanol–water partition coefficient (Wildman–Crippen LogP) is 2.11. The zero-order valence-electron chi connectivity index (χ0n) is 9.26. The number of aliphatic hydroxyl groups excluding tert-OH is 1. The lowest BCUT2D eigenvalue weighted by molar-refractivity contribution is -0.116. The van der Waals surface area contributed by atoms with Gasteiger partial charge in [-0.05, 0) is 39.7 Å². The molecule has 0 amide bonds. The van der Waals surface area contributed by atoms with E-state index in [1.54, 1.807) is 20.8 Å². The van der Waals surface area contributed by atoms with Crippen LogP contribution in [0.4, 0.5) is 0 Å². The summed E-state index contributed by atoms with van der Waals surface area (Å²) in [4.78, 5) is 23.2. The Morgan fingerprint density at radius 2 is 1.93 bits per heavy atom. The number of ketones is 2. The molecule has 0 bridgehead atoms. The van der Waals surface area contributed by atoms with Crippen molar-refractivity contribution in [1.29, 1.82) is 0 Å². The SMILES string of the molecule is C[C](O)CCC1=C(C)C(=O)C=C(C)C1=O. The second kappa shape index (κ2) is 4.53. The van der Waals surface area contributed by atoms with Gasteiger partial charge >= 0.3 is 0 Å². The van der Waals surface area contributed by atoms with Crippen LogP contribution >= 0.6 is 0 Å². The highest BCUT2D eigenvalue weighted by Gasteiger charge is 2.23. The van der Waals surface area contributed by atoms with Crippen LogP contribution in [0.2, 0.25) is 0 Å². The topological polar surface area (TPSA) is 54.4 Å². The van der Waals surface area contributed by atoms with E-state index in [1.807, 2.05) is 0 Å². The minimum Gasteiger partial charge on any atom is -0.387 e. The van der Waals surface area contributed by atoms with Crippen molar-refractivity contribution in [2.24, 2.45) is 0 Å². The van der Waals surface area contributed by atoms with Crippen LogP contribution < -0.4 is 0 Å². The average molecular weight is 207 g/mol. The van der Waals surface area contributed by atoms with Gasteiger partial charge in [0, 0.05) is 16.7 Å². The molecule has 1 aliphatic carbocycles. The van der Waals surface area contributed by atoms with E-state index in [2.05, 4.69) is 0 Å². The first-order valence-corrected chi connectivity index (χ1v) is 4.92. The molecule has 0 fully saturated rings. The number of aliphatic hydroxyl groups is 1. The zero-order chi connectivity index (χ0) is 11.6. The summed E-state index contributed by atoms with van der Waals surface area (Å²) in [7, 11) is 0. The number of Topliss-reactive ketones (excluding diaryl/α,β-unsaturated/α-hetero) is 1. The lowest BCUT2D eigenvalue weighted by Crippen LogP contribution is -2.17. The summed E-state index contributed by atoms with van der Waals surface area (Å²) in [6.45, 7) is 4.89. The van der Waals surface area contributed by atoms with Crippen LogP contribution in [0.1, 0.15) is 33.6 Å². The molecule has 1 aliphatic rings. The smallest absolute Gasteiger partial charge is 0.185 e. The lowest BCUT2D eigenvalue weighted by atomic mass is 9.88. The quantitative estimate of drug-likeness (QED) is 0.721. The van der Waals surface area contributed by atoms with Crippen molar-refractivity contribution in [3.8, 4) is 0 Å². The molecule has 1 N–H and O–H groups in total. The van der Waals surface area contributed by atoms with Gasteiger partial charge in [-0.3, -0.25) is 9.59 Å². The lowest BCUT2D eigenvalue weighted by Gasteiger charge is -2.15. The third-order valence-corrected chi connectivity index (χ3v) is 2.54. The summed E-state index contributed by atoms with van der Waals surface area (Å²) in [6, 6.07) is 0. The van der Waals surface area contributed by atoms with Gasteiger partial charge in [-0.2, -0.15) is 0 Å². The maximum atomic E-state index is 11.7. The highest BCUT2D eigenvalue weighted by molar-refractivity contribution is 6.22. The minimum absolute atomic E-state index is 0.0756. The summed E-state index contributed by atoms with van der Waals surface area (Å²) in [5.74, 6) is -0.175. The van der Waals surface area contributed by atoms with E-state index < -0.39 is 0 Å². The molecule has 0 aromatic carbocycles. The molecule has 81 valence electrons. The summed E-state index contributed by atoms with van der Waals surface area (Å²) < 4.78 is 0. The molecule has 0 atom stereocenters. The van der Waals surface area contributed by atoms with Crippen LogP contribution in [0.3, 0.4) is 0 Å². The van der Waals surface area contributed by atoms with Gasteiger partial charge in [-0.1, -0.05) is 0 Å². The van der Waals surface area contributed by atoms with Crippen LogP contribution in [0.15, 0.2) is 22.8 Å². The first-order valence-electron chi connectivity index (χ1n) is 4.92. The van der Waals surface area contributed by atoms with Gasteiger partial charge in [0.05, 0.1) is 6.10 Å². The average Bonchev–Trinajstić information content (AvgIpc) is 2.14. The molecule has 0 heterocycles. The molecule has 0 saturated heterocycles. The molecule has 0 spiro atoms. The van der Waals surface area contributed by atoms with Crippen molar-refractivity contribution in [3.63, 3.8) is 0 Å². The highest BCUT2D eigenvalue weighted by atomic mass is 16.3. The Balaban J connectivity index is 2.89. The Morgan fingerprint density at radius 1 is 1.33 bits per heavy atom. The number of hydrogen-bond donors (Lipinski definition) is 1. The van der Waals surface area contributed by atoms with Crippen LogP contribution in [0.5, 0.6) is 0 Å². The molecule has 1 rings (SSSR count). The first kappa shape index (κ1) is 11.9. The number of allylic oxidation sites excluding steroid dienone is 4. The van der Waals surface area contributed by atoms with Crippen LogP contribution in [-0.2, 0) is 9.59 Å². The van der Waals surface area contributed by atoms with E-state index >= 15 is 0 Å². The van der Waals surface area contributed by atoms with E-state index in [1.165, 1.54) is 6.08 Å². The highest BCUT2D eigenvalue weighted by Crippen LogP contribution is 2.24. The van der Waals surface area contributed by atoms with E-state index in [0.717, 1.165) is 0 Å². The van der Waals surface area contributed by atoms with Crippen molar-refractivity contribution in [3.05, 3.63) is 28.9 Å². The number of carbonyl (C=O) groups excluding carboxylic acids is 2. The van der Waals surface area contributed by atoms with Crippen molar-refractivity contribution in [2.45, 2.75) is 33.6 Å². The largest absolute Gasteiger partial charge is 0.387 e. The molecule has 0 aliphatic heterocycles. The number of carbonyl (C=O) groups is 2. The van der Waals surface area contributed by atoms with Gasteiger partial charge in [-0.15, -0.1) is 0 Å². The Morgan fingerprint density at radius 3 is 2.47 bits per heavy atom. The third-order valence-electron chi connectivity index (χ3n) is 2.54. The normalized spacial score (nSPS) is 17.5. The molecule has 0 saturated carbocycles. The van der Waals surface area contributed by atoms with Crippen molar-refractivity contribution in [2.75, 3.05) is 0 Å². The van der Waals surface area contributed by atoms with E-state index in [-0.39, 0.29) is 17.7 Å².